The SMILES string of the molecule is COc1ccc(/C=C(/NC(=O)c2ccco2)C(=O)NC(CC(C)C)C(=O)O)cc1. The first-order valence-corrected chi connectivity index (χ1v) is 9.04. The van der Waals surface area contributed by atoms with Crippen molar-refractivity contribution >= 4 is 23.9 Å². The van der Waals surface area contributed by atoms with E-state index in [4.69, 9.17) is 9.15 Å². The fraction of sp³-hybridized carbons (Fsp3) is 0.286. The first kappa shape index (κ1) is 21.7. The topological polar surface area (TPSA) is 118 Å². The minimum atomic E-state index is -1.15. The van der Waals surface area contributed by atoms with Gasteiger partial charge in [0.25, 0.3) is 11.8 Å². The fourth-order valence-corrected chi connectivity index (χ4v) is 2.55. The van der Waals surface area contributed by atoms with Gasteiger partial charge in [-0.2, -0.15) is 0 Å². The number of furan rings is 1. The number of hydrogen-bond acceptors (Lipinski definition) is 5. The lowest BCUT2D eigenvalue weighted by atomic mass is 10.0. The molecule has 0 radical (unpaired) electrons. The van der Waals surface area contributed by atoms with Gasteiger partial charge >= 0.3 is 5.97 Å². The Labute approximate surface area is 168 Å². The van der Waals surface area contributed by atoms with E-state index < -0.39 is 23.8 Å². The number of amides is 2. The van der Waals surface area contributed by atoms with Crippen molar-refractivity contribution in [3.05, 3.63) is 59.7 Å². The summed E-state index contributed by atoms with van der Waals surface area (Å²) in [6.45, 7) is 3.71. The molecule has 29 heavy (non-hydrogen) atoms. The molecule has 8 heteroatoms. The molecule has 1 aromatic heterocycles. The summed E-state index contributed by atoms with van der Waals surface area (Å²) in [5, 5.41) is 14.3. The second-order valence-corrected chi connectivity index (χ2v) is 6.76. The number of carbonyl (C=O) groups excluding carboxylic acids is 2. The van der Waals surface area contributed by atoms with E-state index in [2.05, 4.69) is 10.6 Å². The minimum Gasteiger partial charge on any atom is -0.497 e. The lowest BCUT2D eigenvalue weighted by Gasteiger charge is -2.18. The largest absolute Gasteiger partial charge is 0.497 e. The van der Waals surface area contributed by atoms with E-state index in [-0.39, 0.29) is 23.8 Å². The van der Waals surface area contributed by atoms with Crippen LogP contribution in [0.4, 0.5) is 0 Å². The third kappa shape index (κ3) is 6.53. The number of ether oxygens (including phenoxy) is 1. The molecule has 2 rings (SSSR count). The molecule has 0 aliphatic carbocycles. The van der Waals surface area contributed by atoms with Crippen molar-refractivity contribution in [1.82, 2.24) is 10.6 Å². The van der Waals surface area contributed by atoms with Crippen molar-refractivity contribution in [2.75, 3.05) is 7.11 Å². The molecule has 0 fully saturated rings. The van der Waals surface area contributed by atoms with Crippen LogP contribution in [0.2, 0.25) is 0 Å². The van der Waals surface area contributed by atoms with Gasteiger partial charge in [-0.3, -0.25) is 9.59 Å². The van der Waals surface area contributed by atoms with Gasteiger partial charge in [0.05, 0.1) is 13.4 Å². The minimum absolute atomic E-state index is 0.0235. The highest BCUT2D eigenvalue weighted by molar-refractivity contribution is 6.05. The Morgan fingerprint density at radius 2 is 1.86 bits per heavy atom. The second-order valence-electron chi connectivity index (χ2n) is 6.76. The molecule has 154 valence electrons. The summed E-state index contributed by atoms with van der Waals surface area (Å²) in [6, 6.07) is 8.73. The molecule has 1 heterocycles. The molecule has 3 N–H and O–H groups in total. The summed E-state index contributed by atoms with van der Waals surface area (Å²) in [7, 11) is 1.54. The lowest BCUT2D eigenvalue weighted by Crippen LogP contribution is -2.44. The maximum absolute atomic E-state index is 12.8. The summed E-state index contributed by atoms with van der Waals surface area (Å²) >= 11 is 0. The molecule has 2 aromatic rings. The second kappa shape index (κ2) is 10.1. The molecule has 2 amide bonds. The Bertz CT molecular complexity index is 869. The van der Waals surface area contributed by atoms with Crippen LogP contribution in [0.3, 0.4) is 0 Å². The van der Waals surface area contributed by atoms with Gasteiger partial charge in [0.15, 0.2) is 5.76 Å². The molecule has 8 nitrogen and oxygen atoms in total. The van der Waals surface area contributed by atoms with E-state index in [1.54, 1.807) is 30.3 Å². The highest BCUT2D eigenvalue weighted by Gasteiger charge is 2.24. The zero-order chi connectivity index (χ0) is 21.4. The molecule has 0 saturated carbocycles. The Balaban J connectivity index is 2.28. The quantitative estimate of drug-likeness (QED) is 0.557. The Hall–Kier alpha value is -3.55. The first-order chi connectivity index (χ1) is 13.8. The van der Waals surface area contributed by atoms with Crippen LogP contribution in [-0.4, -0.2) is 36.0 Å². The van der Waals surface area contributed by atoms with Gasteiger partial charge in [0.1, 0.15) is 17.5 Å². The number of nitrogens with one attached hydrogen (secondary N) is 2. The van der Waals surface area contributed by atoms with Crippen LogP contribution in [-0.2, 0) is 9.59 Å². The Kier molecular flexibility index (Phi) is 7.59. The van der Waals surface area contributed by atoms with Crippen molar-refractivity contribution in [3.63, 3.8) is 0 Å². The van der Waals surface area contributed by atoms with E-state index >= 15 is 0 Å². The number of carbonyl (C=O) groups is 3. The maximum atomic E-state index is 12.8. The molecule has 0 aliphatic rings. The average Bonchev–Trinajstić information content (AvgIpc) is 3.22. The number of hydrogen-bond donors (Lipinski definition) is 3. The summed E-state index contributed by atoms with van der Waals surface area (Å²) in [5.74, 6) is -1.77. The van der Waals surface area contributed by atoms with Crippen LogP contribution >= 0.6 is 0 Å². The number of benzene rings is 1. The third-order valence-electron chi connectivity index (χ3n) is 3.98. The number of carboxylic acid groups (broad SMARTS) is 1. The highest BCUT2D eigenvalue weighted by Crippen LogP contribution is 2.14. The smallest absolute Gasteiger partial charge is 0.326 e. The van der Waals surface area contributed by atoms with E-state index in [0.29, 0.717) is 11.3 Å². The van der Waals surface area contributed by atoms with Gasteiger partial charge < -0.3 is 24.9 Å². The number of carboxylic acids is 1. The Morgan fingerprint density at radius 1 is 1.17 bits per heavy atom. The molecule has 0 aliphatic heterocycles. The number of aliphatic carboxylic acids is 1. The van der Waals surface area contributed by atoms with Crippen LogP contribution in [0, 0.1) is 5.92 Å². The van der Waals surface area contributed by atoms with Crippen LogP contribution in [0.25, 0.3) is 6.08 Å². The van der Waals surface area contributed by atoms with E-state index in [0.717, 1.165) is 0 Å². The van der Waals surface area contributed by atoms with Gasteiger partial charge in [-0.1, -0.05) is 26.0 Å². The summed E-state index contributed by atoms with van der Waals surface area (Å²) < 4.78 is 10.2. The van der Waals surface area contributed by atoms with Crippen molar-refractivity contribution in [2.24, 2.45) is 5.92 Å². The van der Waals surface area contributed by atoms with Gasteiger partial charge in [-0.25, -0.2) is 4.79 Å². The monoisotopic (exact) mass is 400 g/mol. The van der Waals surface area contributed by atoms with Crippen LogP contribution in [0.5, 0.6) is 5.75 Å². The van der Waals surface area contributed by atoms with E-state index in [1.165, 1.54) is 25.5 Å². The van der Waals surface area contributed by atoms with Crippen LogP contribution in [0.1, 0.15) is 36.4 Å². The van der Waals surface area contributed by atoms with Crippen LogP contribution in [0.15, 0.2) is 52.8 Å². The molecular weight excluding hydrogens is 376 g/mol. The van der Waals surface area contributed by atoms with E-state index in [9.17, 15) is 19.5 Å². The molecule has 1 aromatic carbocycles. The van der Waals surface area contributed by atoms with Crippen molar-refractivity contribution in [2.45, 2.75) is 26.3 Å². The fourth-order valence-electron chi connectivity index (χ4n) is 2.55. The summed E-state index contributed by atoms with van der Waals surface area (Å²) in [5.41, 5.74) is 0.512. The van der Waals surface area contributed by atoms with Crippen LogP contribution < -0.4 is 15.4 Å². The standard InChI is InChI=1S/C21H24N2O6/c1-13(2)11-17(21(26)27)23-19(24)16(22-20(25)18-5-4-10-29-18)12-14-6-8-15(28-3)9-7-14/h4-10,12-13,17H,11H2,1-3H3,(H,22,25)(H,23,24)(H,26,27)/b16-12+. The molecule has 0 saturated heterocycles. The normalized spacial score (nSPS) is 12.3. The first-order valence-electron chi connectivity index (χ1n) is 9.04. The van der Waals surface area contributed by atoms with Gasteiger partial charge in [0.2, 0.25) is 0 Å². The summed E-state index contributed by atoms with van der Waals surface area (Å²) in [6.07, 6.45) is 3.04. The highest BCUT2D eigenvalue weighted by atomic mass is 16.5. The molecule has 0 spiro atoms. The average molecular weight is 400 g/mol. The predicted molar refractivity (Wildman–Crippen MR) is 106 cm³/mol. The number of rotatable bonds is 9. The van der Waals surface area contributed by atoms with Crippen molar-refractivity contribution in [1.29, 1.82) is 0 Å². The lowest BCUT2D eigenvalue weighted by molar-refractivity contribution is -0.141. The summed E-state index contributed by atoms with van der Waals surface area (Å²) in [4.78, 5) is 36.6. The zero-order valence-corrected chi connectivity index (χ0v) is 16.5. The van der Waals surface area contributed by atoms with Gasteiger partial charge in [-0.05, 0) is 48.2 Å². The molecule has 1 unspecified atom stereocenters. The third-order valence-corrected chi connectivity index (χ3v) is 3.98. The molecule has 1 atom stereocenters. The zero-order valence-electron chi connectivity index (χ0n) is 16.5. The predicted octanol–water partition coefficient (Wildman–Crippen LogP) is 2.67. The van der Waals surface area contributed by atoms with E-state index in [1.807, 2.05) is 13.8 Å². The Morgan fingerprint density at radius 3 is 2.38 bits per heavy atom. The molecule has 0 bridgehead atoms. The van der Waals surface area contributed by atoms with Crippen molar-refractivity contribution in [3.8, 4) is 5.75 Å². The van der Waals surface area contributed by atoms with Crippen molar-refractivity contribution < 1.29 is 28.6 Å². The van der Waals surface area contributed by atoms with Gasteiger partial charge in [-0.15, -0.1) is 0 Å². The maximum Gasteiger partial charge on any atom is 0.326 e. The number of methoxy groups -OCH3 is 1. The van der Waals surface area contributed by atoms with Gasteiger partial charge in [0, 0.05) is 0 Å². The molecular formula is C21H24N2O6.